The van der Waals surface area contributed by atoms with E-state index in [-0.39, 0.29) is 29.2 Å². The van der Waals surface area contributed by atoms with Gasteiger partial charge in [-0.15, -0.1) is 0 Å². The third-order valence-electron chi connectivity index (χ3n) is 8.52. The molecule has 2 aliphatic heterocycles. The summed E-state index contributed by atoms with van der Waals surface area (Å²) in [6.45, 7) is 5.38. The van der Waals surface area contributed by atoms with Gasteiger partial charge in [0.15, 0.2) is 17.2 Å². The Kier molecular flexibility index (Phi) is 10.8. The molecule has 7 rings (SSSR count). The number of methoxy groups -OCH3 is 1. The van der Waals surface area contributed by atoms with Crippen molar-refractivity contribution in [2.24, 2.45) is 0 Å². The fraction of sp³-hybridized carbons (Fsp3) is 0.314. The van der Waals surface area contributed by atoms with Gasteiger partial charge in [0.05, 0.1) is 44.9 Å². The molecule has 4 aromatic heterocycles. The van der Waals surface area contributed by atoms with Crippen LogP contribution in [0.25, 0.3) is 11.3 Å². The molecule has 16 heteroatoms. The number of hydrogen-bond acceptors (Lipinski definition) is 13. The van der Waals surface area contributed by atoms with Crippen molar-refractivity contribution in [2.45, 2.75) is 12.8 Å². The van der Waals surface area contributed by atoms with Crippen molar-refractivity contribution in [2.75, 3.05) is 69.5 Å². The number of pyridine rings is 2. The van der Waals surface area contributed by atoms with Crippen LogP contribution < -0.4 is 20.9 Å². The number of ketones is 1. The third kappa shape index (κ3) is 7.80. The van der Waals surface area contributed by atoms with E-state index in [1.165, 1.54) is 8.80 Å². The summed E-state index contributed by atoms with van der Waals surface area (Å²) in [4.78, 5) is 61.4. The van der Waals surface area contributed by atoms with Crippen molar-refractivity contribution >= 4 is 46.0 Å². The summed E-state index contributed by atoms with van der Waals surface area (Å²) in [6, 6.07) is 14.2. The number of carbonyl (C=O) groups excluding carboxylic acids is 2. The summed E-state index contributed by atoms with van der Waals surface area (Å²) in [5.41, 5.74) is 1.25. The van der Waals surface area contributed by atoms with Gasteiger partial charge in [0.2, 0.25) is 11.5 Å². The Hall–Kier alpha value is -5.51. The second-order valence-electron chi connectivity index (χ2n) is 11.7. The molecule has 0 spiro atoms. The minimum atomic E-state index is -0.852. The summed E-state index contributed by atoms with van der Waals surface area (Å²) >= 11 is 5.87. The minimum absolute atomic E-state index is 0.129. The van der Waals surface area contributed by atoms with Crippen LogP contribution in [0.1, 0.15) is 33.0 Å². The quantitative estimate of drug-likeness (QED) is 0.186. The number of aromatic nitrogens is 4. The molecule has 15 nitrogen and oxygen atoms in total. The molecular weight excluding hydrogens is 684 g/mol. The van der Waals surface area contributed by atoms with Crippen LogP contribution in [0, 0.1) is 0 Å². The fourth-order valence-electron chi connectivity index (χ4n) is 5.71. The molecule has 6 heterocycles. The van der Waals surface area contributed by atoms with Gasteiger partial charge in [-0.1, -0.05) is 23.7 Å². The zero-order valence-corrected chi connectivity index (χ0v) is 28.4. The number of ether oxygens (including phenoxy) is 3. The number of Topliss-reactive ketones (excluding diaryl/α,β-unsaturated/α-hetero) is 1. The zero-order valence-electron chi connectivity index (χ0n) is 27.7. The van der Waals surface area contributed by atoms with Crippen LogP contribution in [-0.2, 0) is 20.6 Å². The molecule has 2 fully saturated rings. The largest absolute Gasteiger partial charge is 0.501 e. The second-order valence-corrected chi connectivity index (χ2v) is 12.1. The Morgan fingerprint density at radius 1 is 0.745 bits per heavy atom. The molecule has 0 unspecified atom stereocenters. The number of esters is 1. The van der Waals surface area contributed by atoms with Gasteiger partial charge in [-0.25, -0.2) is 14.8 Å². The van der Waals surface area contributed by atoms with Gasteiger partial charge in [-0.05, 0) is 48.4 Å². The Labute approximate surface area is 295 Å². The first-order valence-electron chi connectivity index (χ1n) is 16.2. The Balaban J connectivity index is 0.000000183. The molecule has 0 amide bonds. The monoisotopic (exact) mass is 718 g/mol. The highest BCUT2D eigenvalue weighted by Gasteiger charge is 2.21. The van der Waals surface area contributed by atoms with E-state index in [1.54, 1.807) is 36.7 Å². The number of aryl methyl sites for hydroxylation is 1. The van der Waals surface area contributed by atoms with Gasteiger partial charge in [-0.3, -0.25) is 23.2 Å². The first-order chi connectivity index (χ1) is 24.6. The molecule has 266 valence electrons. The maximum Gasteiger partial charge on any atom is 0.360 e. The first-order valence-corrected chi connectivity index (χ1v) is 16.5. The predicted molar refractivity (Wildman–Crippen MR) is 188 cm³/mol. The van der Waals surface area contributed by atoms with E-state index in [4.69, 9.17) is 21.1 Å². The number of aromatic hydroxyl groups is 2. The number of benzene rings is 1. The van der Waals surface area contributed by atoms with Gasteiger partial charge in [0, 0.05) is 50.0 Å². The van der Waals surface area contributed by atoms with E-state index in [2.05, 4.69) is 24.5 Å². The molecular formula is C35H35ClN6O9. The molecule has 5 aromatic rings. The highest BCUT2D eigenvalue weighted by atomic mass is 35.5. The SMILES string of the molecule is COC(=O)c1nc2ccc(N3CCOCC3)cn2c(=O)c1O.O=C(CCc1ccc(Cl)cc1)c1nc2ccc(N3CCOCC3)cn2c(=O)c1O. The molecule has 0 atom stereocenters. The molecule has 2 N–H and O–H groups in total. The Bertz CT molecular complexity index is 2190. The summed E-state index contributed by atoms with van der Waals surface area (Å²) in [7, 11) is 1.16. The van der Waals surface area contributed by atoms with Crippen molar-refractivity contribution in [1.82, 2.24) is 18.8 Å². The van der Waals surface area contributed by atoms with Crippen LogP contribution in [0.4, 0.5) is 11.4 Å². The number of morpholine rings is 2. The molecule has 2 aliphatic rings. The molecule has 1 aromatic carbocycles. The summed E-state index contributed by atoms with van der Waals surface area (Å²) in [5.74, 6) is -2.57. The number of rotatable bonds is 7. The lowest BCUT2D eigenvalue weighted by Gasteiger charge is -2.28. The van der Waals surface area contributed by atoms with Gasteiger partial charge < -0.3 is 34.2 Å². The van der Waals surface area contributed by atoms with Crippen LogP contribution in [0.2, 0.25) is 5.02 Å². The molecule has 0 bridgehead atoms. The average Bonchev–Trinajstić information content (AvgIpc) is 3.17. The summed E-state index contributed by atoms with van der Waals surface area (Å²) < 4.78 is 17.6. The van der Waals surface area contributed by atoms with Crippen molar-refractivity contribution in [3.8, 4) is 11.5 Å². The zero-order chi connectivity index (χ0) is 36.1. The van der Waals surface area contributed by atoms with Gasteiger partial charge in [0.25, 0.3) is 0 Å². The first kappa shape index (κ1) is 35.3. The van der Waals surface area contributed by atoms with Crippen molar-refractivity contribution < 1.29 is 34.0 Å². The minimum Gasteiger partial charge on any atom is -0.501 e. The maximum absolute atomic E-state index is 12.7. The molecule has 51 heavy (non-hydrogen) atoms. The van der Waals surface area contributed by atoms with E-state index in [9.17, 15) is 29.4 Å². The molecule has 0 saturated carbocycles. The van der Waals surface area contributed by atoms with Gasteiger partial charge in [-0.2, -0.15) is 0 Å². The number of anilines is 2. The average molecular weight is 719 g/mol. The molecule has 0 aliphatic carbocycles. The number of carbonyl (C=O) groups is 2. The van der Waals surface area contributed by atoms with Crippen LogP contribution in [0.5, 0.6) is 11.5 Å². The van der Waals surface area contributed by atoms with E-state index in [0.29, 0.717) is 43.5 Å². The van der Waals surface area contributed by atoms with Crippen molar-refractivity contribution in [3.63, 3.8) is 0 Å². The maximum atomic E-state index is 12.7. The highest BCUT2D eigenvalue weighted by Crippen LogP contribution is 2.21. The normalized spacial score (nSPS) is 14.6. The Morgan fingerprint density at radius 2 is 1.22 bits per heavy atom. The second kappa shape index (κ2) is 15.6. The Morgan fingerprint density at radius 3 is 1.71 bits per heavy atom. The van der Waals surface area contributed by atoms with Crippen molar-refractivity contribution in [3.05, 3.63) is 104 Å². The lowest BCUT2D eigenvalue weighted by molar-refractivity contribution is 0.0590. The van der Waals surface area contributed by atoms with E-state index < -0.39 is 28.6 Å². The van der Waals surface area contributed by atoms with E-state index in [0.717, 1.165) is 50.2 Å². The lowest BCUT2D eigenvalue weighted by atomic mass is 10.1. The smallest absolute Gasteiger partial charge is 0.360 e. The van der Waals surface area contributed by atoms with Crippen LogP contribution in [-0.4, -0.2) is 100 Å². The van der Waals surface area contributed by atoms with Crippen LogP contribution in [0.15, 0.2) is 70.5 Å². The third-order valence-corrected chi connectivity index (χ3v) is 8.77. The number of hydrogen-bond donors (Lipinski definition) is 2. The standard InChI is InChI=1S/C21H20ClN3O4.C14H15N3O5/c22-15-4-1-14(2-5-15)3-7-17(26)19-20(27)21(28)25-13-16(6-8-18(25)23-19)24-9-11-29-12-10-24;1-21-14(20)11-12(18)13(19)17-8-9(2-3-10(17)15-11)16-4-6-22-7-5-16/h1-2,4-6,8,13,27H,3,7,9-12H2;2-3,8,18H,4-7H2,1H3. The van der Waals surface area contributed by atoms with E-state index >= 15 is 0 Å². The van der Waals surface area contributed by atoms with Gasteiger partial charge in [0.1, 0.15) is 11.3 Å². The lowest BCUT2D eigenvalue weighted by Crippen LogP contribution is -2.36. The van der Waals surface area contributed by atoms with Gasteiger partial charge >= 0.3 is 17.1 Å². The predicted octanol–water partition coefficient (Wildman–Crippen LogP) is 2.73. The molecule has 2 saturated heterocycles. The number of nitrogens with zero attached hydrogens (tertiary/aromatic N) is 6. The summed E-state index contributed by atoms with van der Waals surface area (Å²) in [5, 5.41) is 20.8. The number of fused-ring (bicyclic) bond motifs is 2. The molecule has 0 radical (unpaired) electrons. The highest BCUT2D eigenvalue weighted by molar-refractivity contribution is 6.30. The topological polar surface area (TPSA) is 178 Å². The van der Waals surface area contributed by atoms with E-state index in [1.807, 2.05) is 24.3 Å². The fourth-order valence-corrected chi connectivity index (χ4v) is 5.84. The number of halogens is 1. The van der Waals surface area contributed by atoms with Crippen LogP contribution in [0.3, 0.4) is 0 Å². The van der Waals surface area contributed by atoms with Crippen LogP contribution >= 0.6 is 11.6 Å². The summed E-state index contributed by atoms with van der Waals surface area (Å²) in [6.07, 6.45) is 3.82. The van der Waals surface area contributed by atoms with Crippen molar-refractivity contribution in [1.29, 1.82) is 0 Å².